The standard InChI is InChI=1S/C12H16IN/c1-8-5-6-10-11(7-8)14(4)9(2)12(10,3)13/h5-7,9H,1-4H3. The molecule has 1 nitrogen and oxygen atoms in total. The number of hydrogen-bond donors (Lipinski definition) is 0. The lowest BCUT2D eigenvalue weighted by atomic mass is 9.97. The topological polar surface area (TPSA) is 3.24 Å². The molecule has 0 fully saturated rings. The summed E-state index contributed by atoms with van der Waals surface area (Å²) in [7, 11) is 2.19. The number of nitrogens with zero attached hydrogens (tertiary/aromatic N) is 1. The zero-order valence-electron chi connectivity index (χ0n) is 9.13. The first-order valence-corrected chi connectivity index (χ1v) is 6.05. The molecule has 2 atom stereocenters. The highest BCUT2D eigenvalue weighted by Gasteiger charge is 2.41. The molecule has 1 heterocycles. The van der Waals surface area contributed by atoms with Crippen LogP contribution in [-0.2, 0) is 3.42 Å². The quantitative estimate of drug-likeness (QED) is 0.524. The molecule has 0 aliphatic carbocycles. The summed E-state index contributed by atoms with van der Waals surface area (Å²) < 4.78 is 0.246. The molecule has 0 saturated heterocycles. The van der Waals surface area contributed by atoms with Crippen LogP contribution < -0.4 is 4.90 Å². The fraction of sp³-hybridized carbons (Fsp3) is 0.500. The molecular formula is C12H16IN. The maximum absolute atomic E-state index is 2.57. The molecule has 0 amide bonds. The van der Waals surface area contributed by atoms with Gasteiger partial charge in [0.15, 0.2) is 0 Å². The van der Waals surface area contributed by atoms with Crippen LogP contribution in [0.3, 0.4) is 0 Å². The minimum absolute atomic E-state index is 0.246. The van der Waals surface area contributed by atoms with E-state index in [1.165, 1.54) is 16.8 Å². The van der Waals surface area contributed by atoms with Crippen molar-refractivity contribution >= 4 is 28.3 Å². The largest absolute Gasteiger partial charge is 0.370 e. The SMILES string of the molecule is Cc1ccc2c(c1)N(C)C(C)C2(C)I. The van der Waals surface area contributed by atoms with E-state index in [0.29, 0.717) is 6.04 Å². The Kier molecular flexibility index (Phi) is 2.29. The predicted molar refractivity (Wildman–Crippen MR) is 70.4 cm³/mol. The highest BCUT2D eigenvalue weighted by atomic mass is 127. The lowest BCUT2D eigenvalue weighted by molar-refractivity contribution is 0.602. The molecule has 2 rings (SSSR count). The molecule has 0 bridgehead atoms. The number of rotatable bonds is 0. The second kappa shape index (κ2) is 3.12. The molecule has 76 valence electrons. The van der Waals surface area contributed by atoms with Gasteiger partial charge in [-0.15, -0.1) is 0 Å². The molecule has 1 aromatic rings. The van der Waals surface area contributed by atoms with Crippen molar-refractivity contribution in [2.45, 2.75) is 30.2 Å². The fourth-order valence-corrected chi connectivity index (χ4v) is 3.02. The van der Waals surface area contributed by atoms with Gasteiger partial charge in [-0.2, -0.15) is 0 Å². The monoisotopic (exact) mass is 301 g/mol. The first kappa shape index (κ1) is 10.3. The minimum Gasteiger partial charge on any atom is -0.370 e. The summed E-state index contributed by atoms with van der Waals surface area (Å²) in [5.74, 6) is 0. The summed E-state index contributed by atoms with van der Waals surface area (Å²) in [5, 5.41) is 0. The van der Waals surface area contributed by atoms with Crippen molar-refractivity contribution in [3.05, 3.63) is 29.3 Å². The van der Waals surface area contributed by atoms with Gasteiger partial charge in [-0.05, 0) is 38.0 Å². The van der Waals surface area contributed by atoms with E-state index >= 15 is 0 Å². The number of likely N-dealkylation sites (N-methyl/N-ethyl adjacent to an activating group) is 1. The molecular weight excluding hydrogens is 285 g/mol. The van der Waals surface area contributed by atoms with Gasteiger partial charge in [-0.3, -0.25) is 0 Å². The van der Waals surface area contributed by atoms with Gasteiger partial charge in [-0.1, -0.05) is 34.7 Å². The van der Waals surface area contributed by atoms with Crippen LogP contribution in [0.5, 0.6) is 0 Å². The molecule has 1 aliphatic heterocycles. The molecule has 0 aromatic heterocycles. The second-order valence-electron chi connectivity index (χ2n) is 4.38. The summed E-state index contributed by atoms with van der Waals surface area (Å²) >= 11 is 2.57. The van der Waals surface area contributed by atoms with Crippen LogP contribution in [0, 0.1) is 6.92 Å². The Balaban J connectivity index is 2.62. The number of aryl methyl sites for hydroxylation is 1. The van der Waals surface area contributed by atoms with E-state index in [1.54, 1.807) is 0 Å². The normalized spacial score (nSPS) is 30.6. The number of anilines is 1. The molecule has 0 spiro atoms. The second-order valence-corrected chi connectivity index (χ2v) is 6.62. The maximum Gasteiger partial charge on any atom is 0.0662 e. The molecule has 1 aliphatic rings. The Hall–Kier alpha value is -0.250. The van der Waals surface area contributed by atoms with Gasteiger partial charge in [0.1, 0.15) is 0 Å². The van der Waals surface area contributed by atoms with E-state index in [4.69, 9.17) is 0 Å². The Morgan fingerprint density at radius 1 is 1.43 bits per heavy atom. The van der Waals surface area contributed by atoms with Crippen LogP contribution in [0.4, 0.5) is 5.69 Å². The van der Waals surface area contributed by atoms with Gasteiger partial charge in [0.05, 0.1) is 3.42 Å². The molecule has 0 saturated carbocycles. The number of benzene rings is 1. The molecule has 2 heteroatoms. The number of halogens is 1. The highest BCUT2D eigenvalue weighted by Crippen LogP contribution is 2.48. The summed E-state index contributed by atoms with van der Waals surface area (Å²) in [6.07, 6.45) is 0. The third kappa shape index (κ3) is 1.27. The van der Waals surface area contributed by atoms with Crippen molar-refractivity contribution < 1.29 is 0 Å². The van der Waals surface area contributed by atoms with Crippen LogP contribution in [0.2, 0.25) is 0 Å². The van der Waals surface area contributed by atoms with Crippen LogP contribution in [-0.4, -0.2) is 13.1 Å². The number of hydrogen-bond acceptors (Lipinski definition) is 1. The van der Waals surface area contributed by atoms with Gasteiger partial charge < -0.3 is 4.90 Å². The molecule has 14 heavy (non-hydrogen) atoms. The average molecular weight is 301 g/mol. The first-order chi connectivity index (χ1) is 6.44. The van der Waals surface area contributed by atoms with Gasteiger partial charge >= 0.3 is 0 Å². The van der Waals surface area contributed by atoms with E-state index in [0.717, 1.165) is 0 Å². The Bertz CT molecular complexity index is 371. The first-order valence-electron chi connectivity index (χ1n) is 4.97. The molecule has 1 aromatic carbocycles. The van der Waals surface area contributed by atoms with Crippen LogP contribution in [0.15, 0.2) is 18.2 Å². The zero-order chi connectivity index (χ0) is 10.5. The summed E-state index contributed by atoms with van der Waals surface area (Å²) in [4.78, 5) is 2.38. The minimum atomic E-state index is 0.246. The molecule has 0 radical (unpaired) electrons. The summed E-state index contributed by atoms with van der Waals surface area (Å²) in [5.41, 5.74) is 4.21. The molecule has 2 unspecified atom stereocenters. The van der Waals surface area contributed by atoms with Gasteiger partial charge in [-0.25, -0.2) is 0 Å². The average Bonchev–Trinajstić information content (AvgIpc) is 2.28. The highest BCUT2D eigenvalue weighted by molar-refractivity contribution is 14.1. The smallest absolute Gasteiger partial charge is 0.0662 e. The van der Waals surface area contributed by atoms with Crippen LogP contribution in [0.25, 0.3) is 0 Å². The van der Waals surface area contributed by atoms with Gasteiger partial charge in [0, 0.05) is 18.8 Å². The van der Waals surface area contributed by atoms with Gasteiger partial charge in [0.25, 0.3) is 0 Å². The van der Waals surface area contributed by atoms with Gasteiger partial charge in [0.2, 0.25) is 0 Å². The summed E-state index contributed by atoms with van der Waals surface area (Å²) in [6, 6.07) is 7.34. The Morgan fingerprint density at radius 2 is 2.07 bits per heavy atom. The van der Waals surface area contributed by atoms with Crippen molar-refractivity contribution in [3.8, 4) is 0 Å². The Labute approximate surface area is 99.6 Å². The number of fused-ring (bicyclic) bond motifs is 1. The van der Waals surface area contributed by atoms with E-state index in [-0.39, 0.29) is 3.42 Å². The van der Waals surface area contributed by atoms with Crippen LogP contribution >= 0.6 is 22.6 Å². The fourth-order valence-electron chi connectivity index (χ4n) is 2.14. The van der Waals surface area contributed by atoms with E-state index < -0.39 is 0 Å². The maximum atomic E-state index is 2.57. The van der Waals surface area contributed by atoms with Crippen molar-refractivity contribution in [1.82, 2.24) is 0 Å². The third-order valence-electron chi connectivity index (χ3n) is 3.43. The van der Waals surface area contributed by atoms with E-state index in [1.807, 2.05) is 0 Å². The lowest BCUT2D eigenvalue weighted by Crippen LogP contribution is -2.34. The predicted octanol–water partition coefficient (Wildman–Crippen LogP) is 3.48. The molecule has 0 N–H and O–H groups in total. The zero-order valence-corrected chi connectivity index (χ0v) is 11.3. The lowest BCUT2D eigenvalue weighted by Gasteiger charge is -2.26. The Morgan fingerprint density at radius 3 is 2.71 bits per heavy atom. The third-order valence-corrected chi connectivity index (χ3v) is 4.91. The van der Waals surface area contributed by atoms with Crippen molar-refractivity contribution in [1.29, 1.82) is 0 Å². The van der Waals surface area contributed by atoms with E-state index in [9.17, 15) is 0 Å². The summed E-state index contributed by atoms with van der Waals surface area (Å²) in [6.45, 7) is 6.76. The van der Waals surface area contributed by atoms with Crippen molar-refractivity contribution in [3.63, 3.8) is 0 Å². The van der Waals surface area contributed by atoms with Crippen LogP contribution in [0.1, 0.15) is 25.0 Å². The van der Waals surface area contributed by atoms with E-state index in [2.05, 4.69) is 73.5 Å². The number of alkyl halides is 1. The van der Waals surface area contributed by atoms with Crippen molar-refractivity contribution in [2.75, 3.05) is 11.9 Å². The van der Waals surface area contributed by atoms with Crippen molar-refractivity contribution in [2.24, 2.45) is 0 Å².